The van der Waals surface area contributed by atoms with E-state index in [1.54, 1.807) is 24.3 Å². The fourth-order valence-corrected chi connectivity index (χ4v) is 3.89. The number of carbonyl (C=O) groups is 1. The fraction of sp³-hybridized carbons (Fsp3) is 0.316. The number of ether oxygens (including phenoxy) is 1. The van der Waals surface area contributed by atoms with Crippen LogP contribution >= 0.6 is 18.1 Å². The number of hydrogen-bond donors (Lipinski definition) is 1. The molecular formula is C19H23ClNO4P. The third-order valence-corrected chi connectivity index (χ3v) is 5.15. The molecule has 1 N–H and O–H groups in total. The highest BCUT2D eigenvalue weighted by Gasteiger charge is 2.31. The van der Waals surface area contributed by atoms with Gasteiger partial charge >= 0.3 is 12.8 Å². The standard InChI is InChI=1S/C19H23ClNO4P/c1-2-3-14-24-19(22)18(15-16-10-6-4-7-11-16)21-26(20,23)25-17-12-8-5-9-13-17/h4-13,18H,2-3,14-15H2,1H3,(H,21,23)/t18-,26?/m0/s1. The van der Waals surface area contributed by atoms with Crippen molar-refractivity contribution in [2.45, 2.75) is 32.2 Å². The molecule has 0 saturated heterocycles. The number of benzene rings is 2. The van der Waals surface area contributed by atoms with Gasteiger partial charge in [-0.25, -0.2) is 9.65 Å². The van der Waals surface area contributed by atoms with E-state index in [1.807, 2.05) is 43.3 Å². The first-order valence-electron chi connectivity index (χ1n) is 8.53. The summed E-state index contributed by atoms with van der Waals surface area (Å²) >= 11 is 6.05. The van der Waals surface area contributed by atoms with Crippen molar-refractivity contribution >= 4 is 24.1 Å². The van der Waals surface area contributed by atoms with Crippen LogP contribution in [0.3, 0.4) is 0 Å². The van der Waals surface area contributed by atoms with Gasteiger partial charge in [0.05, 0.1) is 6.61 Å². The van der Waals surface area contributed by atoms with Crippen LogP contribution in [-0.2, 0) is 20.5 Å². The first-order valence-corrected chi connectivity index (χ1v) is 11.1. The molecule has 0 aliphatic rings. The Kier molecular flexibility index (Phi) is 8.17. The highest BCUT2D eigenvalue weighted by molar-refractivity contribution is 7.84. The van der Waals surface area contributed by atoms with E-state index < -0.39 is 18.9 Å². The molecule has 0 radical (unpaired) electrons. The maximum Gasteiger partial charge on any atom is 0.409 e. The van der Waals surface area contributed by atoms with Crippen LogP contribution < -0.4 is 9.61 Å². The Hall–Kier alpha value is -1.81. The summed E-state index contributed by atoms with van der Waals surface area (Å²) < 4.78 is 23.3. The fourth-order valence-electron chi connectivity index (χ4n) is 2.28. The Labute approximate surface area is 159 Å². The molecule has 2 aromatic carbocycles. The summed E-state index contributed by atoms with van der Waals surface area (Å²) in [4.78, 5) is 12.4. The van der Waals surface area contributed by atoms with Crippen molar-refractivity contribution in [3.8, 4) is 5.75 Å². The SMILES string of the molecule is CCCCOC(=O)[C@H](Cc1ccccc1)NP(=O)(Cl)Oc1ccccc1. The average Bonchev–Trinajstić information content (AvgIpc) is 2.62. The van der Waals surface area contributed by atoms with E-state index in [0.717, 1.165) is 18.4 Å². The summed E-state index contributed by atoms with van der Waals surface area (Å²) in [7, 11) is 0. The summed E-state index contributed by atoms with van der Waals surface area (Å²) in [5.41, 5.74) is 0.897. The first kappa shape index (κ1) is 20.5. The first-order chi connectivity index (χ1) is 12.5. The lowest BCUT2D eigenvalue weighted by atomic mass is 10.1. The Morgan fingerprint density at radius 1 is 1.12 bits per heavy atom. The molecular weight excluding hydrogens is 373 g/mol. The minimum atomic E-state index is -3.78. The molecule has 2 atom stereocenters. The van der Waals surface area contributed by atoms with Gasteiger partial charge in [-0.05, 0) is 30.5 Å². The topological polar surface area (TPSA) is 64.6 Å². The second kappa shape index (κ2) is 10.4. The number of esters is 1. The minimum Gasteiger partial charge on any atom is -0.465 e. The lowest BCUT2D eigenvalue weighted by Crippen LogP contribution is -2.38. The van der Waals surface area contributed by atoms with Crippen LogP contribution in [-0.4, -0.2) is 18.6 Å². The minimum absolute atomic E-state index is 0.292. The number of para-hydroxylation sites is 1. The lowest BCUT2D eigenvalue weighted by Gasteiger charge is -2.21. The zero-order valence-electron chi connectivity index (χ0n) is 14.6. The molecule has 0 fully saturated rings. The molecule has 0 aliphatic heterocycles. The smallest absolute Gasteiger partial charge is 0.409 e. The highest BCUT2D eigenvalue weighted by Crippen LogP contribution is 2.48. The average molecular weight is 396 g/mol. The van der Waals surface area contributed by atoms with Crippen molar-refractivity contribution in [2.75, 3.05) is 6.61 Å². The van der Waals surface area contributed by atoms with Crippen molar-refractivity contribution in [2.24, 2.45) is 0 Å². The van der Waals surface area contributed by atoms with Gasteiger partial charge in [-0.1, -0.05) is 61.9 Å². The highest BCUT2D eigenvalue weighted by atomic mass is 35.7. The van der Waals surface area contributed by atoms with Gasteiger partial charge < -0.3 is 9.26 Å². The Balaban J connectivity index is 2.08. The maximum atomic E-state index is 12.6. The van der Waals surface area contributed by atoms with E-state index in [9.17, 15) is 9.36 Å². The second-order valence-corrected chi connectivity index (χ2v) is 8.51. The van der Waals surface area contributed by atoms with Crippen molar-refractivity contribution in [3.05, 3.63) is 66.2 Å². The number of carbonyl (C=O) groups excluding carboxylic acids is 1. The molecule has 0 saturated carbocycles. The molecule has 140 valence electrons. The van der Waals surface area contributed by atoms with Gasteiger partial charge in [0.25, 0.3) is 0 Å². The molecule has 26 heavy (non-hydrogen) atoms. The van der Waals surface area contributed by atoms with Crippen molar-refractivity contribution < 1.29 is 18.6 Å². The second-order valence-electron chi connectivity index (χ2n) is 5.78. The molecule has 2 aromatic rings. The van der Waals surface area contributed by atoms with Crippen molar-refractivity contribution in [1.82, 2.24) is 5.09 Å². The van der Waals surface area contributed by atoms with Crippen LogP contribution in [0.15, 0.2) is 60.7 Å². The van der Waals surface area contributed by atoms with E-state index in [2.05, 4.69) is 5.09 Å². The molecule has 7 heteroatoms. The summed E-state index contributed by atoms with van der Waals surface area (Å²) in [6.07, 6.45) is 1.97. The third-order valence-electron chi connectivity index (χ3n) is 3.59. The number of unbranched alkanes of at least 4 members (excludes halogenated alkanes) is 1. The number of halogens is 1. The molecule has 0 spiro atoms. The quantitative estimate of drug-likeness (QED) is 0.350. The van der Waals surface area contributed by atoms with Crippen molar-refractivity contribution in [1.29, 1.82) is 0 Å². The molecule has 1 unspecified atom stereocenters. The maximum absolute atomic E-state index is 12.6. The molecule has 5 nitrogen and oxygen atoms in total. The molecule has 0 aliphatic carbocycles. The third kappa shape index (κ3) is 7.20. The molecule has 0 aromatic heterocycles. The largest absolute Gasteiger partial charge is 0.465 e. The van der Waals surface area contributed by atoms with Crippen LogP contribution in [0.25, 0.3) is 0 Å². The van der Waals surface area contributed by atoms with Crippen molar-refractivity contribution in [3.63, 3.8) is 0 Å². The normalized spacial score (nSPS) is 14.2. The van der Waals surface area contributed by atoms with E-state index in [1.165, 1.54) is 0 Å². The van der Waals surface area contributed by atoms with Crippen LogP contribution in [0.4, 0.5) is 0 Å². The number of hydrogen-bond acceptors (Lipinski definition) is 4. The van der Waals surface area contributed by atoms with Crippen LogP contribution in [0.5, 0.6) is 5.75 Å². The van der Waals surface area contributed by atoms with Gasteiger partial charge in [0.1, 0.15) is 11.8 Å². The Morgan fingerprint density at radius 2 is 1.73 bits per heavy atom. The van der Waals surface area contributed by atoms with E-state index in [0.29, 0.717) is 18.8 Å². The van der Waals surface area contributed by atoms with Gasteiger partial charge in [-0.2, -0.15) is 0 Å². The summed E-state index contributed by atoms with van der Waals surface area (Å²) in [5.74, 6) is -0.143. The number of rotatable bonds is 10. The molecule has 2 rings (SSSR count). The van der Waals surface area contributed by atoms with Gasteiger partial charge in [-0.3, -0.25) is 4.79 Å². The molecule has 0 amide bonds. The van der Waals surface area contributed by atoms with Gasteiger partial charge in [-0.15, -0.1) is 0 Å². The van der Waals surface area contributed by atoms with E-state index in [4.69, 9.17) is 20.5 Å². The molecule has 0 bridgehead atoms. The van der Waals surface area contributed by atoms with Crippen LogP contribution in [0.1, 0.15) is 25.3 Å². The Bertz CT molecular complexity index is 727. The predicted octanol–water partition coefficient (Wildman–Crippen LogP) is 4.96. The van der Waals surface area contributed by atoms with E-state index >= 15 is 0 Å². The monoisotopic (exact) mass is 395 g/mol. The van der Waals surface area contributed by atoms with Crippen LogP contribution in [0.2, 0.25) is 0 Å². The zero-order chi connectivity index (χ0) is 18.8. The van der Waals surface area contributed by atoms with Gasteiger partial charge in [0.15, 0.2) is 0 Å². The van der Waals surface area contributed by atoms with Gasteiger partial charge in [0, 0.05) is 11.2 Å². The van der Waals surface area contributed by atoms with Crippen LogP contribution in [0, 0.1) is 0 Å². The summed E-state index contributed by atoms with van der Waals surface area (Å²) in [6.45, 7) is -1.46. The summed E-state index contributed by atoms with van der Waals surface area (Å²) in [6, 6.07) is 17.1. The number of nitrogens with one attached hydrogen (secondary N) is 1. The summed E-state index contributed by atoms with van der Waals surface area (Å²) in [5, 5.41) is 2.64. The zero-order valence-corrected chi connectivity index (χ0v) is 16.3. The van der Waals surface area contributed by atoms with E-state index in [-0.39, 0.29) is 0 Å². The van der Waals surface area contributed by atoms with Gasteiger partial charge in [0.2, 0.25) is 0 Å². The predicted molar refractivity (Wildman–Crippen MR) is 103 cm³/mol. The lowest BCUT2D eigenvalue weighted by molar-refractivity contribution is -0.145. The Morgan fingerprint density at radius 3 is 2.35 bits per heavy atom. The molecule has 0 heterocycles.